The van der Waals surface area contributed by atoms with Crippen LogP contribution in [-0.4, -0.2) is 45.1 Å². The molecule has 2 unspecified atom stereocenters. The second kappa shape index (κ2) is 13.4. The van der Waals surface area contributed by atoms with Crippen molar-refractivity contribution in [3.63, 3.8) is 0 Å². The number of thiocarbonyl (C=S) groups is 1. The number of aryl methyl sites for hydroxylation is 2. The topological polar surface area (TPSA) is 65.4 Å². The number of carbonyl (C=O) groups is 1. The van der Waals surface area contributed by atoms with Crippen LogP contribution >= 0.6 is 12.2 Å². The van der Waals surface area contributed by atoms with Gasteiger partial charge in [-0.2, -0.15) is 0 Å². The third-order valence-electron chi connectivity index (χ3n) is 8.48. The summed E-state index contributed by atoms with van der Waals surface area (Å²) >= 11 is 5.90. The highest BCUT2D eigenvalue weighted by Gasteiger charge is 2.41. The maximum atomic E-state index is 13.1. The second-order valence-corrected chi connectivity index (χ2v) is 11.4. The van der Waals surface area contributed by atoms with Gasteiger partial charge in [-0.1, -0.05) is 31.2 Å². The molecule has 1 fully saturated rings. The minimum absolute atomic E-state index is 0.0255. The lowest BCUT2D eigenvalue weighted by molar-refractivity contribution is -0.116. The summed E-state index contributed by atoms with van der Waals surface area (Å²) < 4.78 is 2.31. The molecular formula is C35H42N6OS. The lowest BCUT2D eigenvalue weighted by Gasteiger charge is -2.28. The molecule has 2 N–H and O–H groups in total. The van der Waals surface area contributed by atoms with Crippen molar-refractivity contribution in [2.75, 3.05) is 29.9 Å². The van der Waals surface area contributed by atoms with Crippen LogP contribution < -0.4 is 15.5 Å². The van der Waals surface area contributed by atoms with Gasteiger partial charge in [-0.15, -0.1) is 0 Å². The van der Waals surface area contributed by atoms with Gasteiger partial charge in [-0.05, 0) is 106 Å². The van der Waals surface area contributed by atoms with Gasteiger partial charge in [0.1, 0.15) is 0 Å². The fourth-order valence-electron chi connectivity index (χ4n) is 6.26. The van der Waals surface area contributed by atoms with Gasteiger partial charge in [-0.25, -0.2) is 0 Å². The molecule has 2 atom stereocenters. The number of pyridine rings is 1. The minimum atomic E-state index is -0.142. The van der Waals surface area contributed by atoms with Gasteiger partial charge in [0.2, 0.25) is 5.91 Å². The SMILES string of the molecule is CCc1ccccc1NC(=O)CCN1C(=S)NC(c2ccccn2)C1c1cc(C)n(-c2ccc(N(CC)CC)cc2)c1C. The van der Waals surface area contributed by atoms with E-state index in [1.807, 2.05) is 42.6 Å². The van der Waals surface area contributed by atoms with Crippen molar-refractivity contribution in [1.82, 2.24) is 19.8 Å². The number of hydrogen-bond donors (Lipinski definition) is 2. The maximum absolute atomic E-state index is 13.1. The first-order chi connectivity index (χ1) is 20.9. The molecular weight excluding hydrogens is 552 g/mol. The van der Waals surface area contributed by atoms with E-state index in [0.29, 0.717) is 18.1 Å². The molecule has 0 spiro atoms. The Morgan fingerprint density at radius 2 is 1.72 bits per heavy atom. The lowest BCUT2D eigenvalue weighted by atomic mass is 9.96. The van der Waals surface area contributed by atoms with Crippen LogP contribution in [0.3, 0.4) is 0 Å². The molecule has 2 aromatic carbocycles. The van der Waals surface area contributed by atoms with Crippen LogP contribution in [-0.2, 0) is 11.2 Å². The number of carbonyl (C=O) groups excluding carboxylic acids is 1. The van der Waals surface area contributed by atoms with Gasteiger partial charge in [-0.3, -0.25) is 9.78 Å². The van der Waals surface area contributed by atoms with E-state index >= 15 is 0 Å². The summed E-state index contributed by atoms with van der Waals surface area (Å²) in [6.45, 7) is 13.2. The molecule has 0 saturated carbocycles. The van der Waals surface area contributed by atoms with E-state index < -0.39 is 0 Å². The molecule has 5 rings (SSSR count). The summed E-state index contributed by atoms with van der Waals surface area (Å²) in [5, 5.41) is 7.29. The molecule has 0 radical (unpaired) electrons. The van der Waals surface area contributed by atoms with Crippen LogP contribution in [0.25, 0.3) is 5.69 Å². The zero-order chi connectivity index (χ0) is 30.5. The largest absolute Gasteiger partial charge is 0.372 e. The third-order valence-corrected chi connectivity index (χ3v) is 8.83. The Kier molecular flexibility index (Phi) is 9.46. The molecule has 0 aliphatic carbocycles. The van der Waals surface area contributed by atoms with Crippen molar-refractivity contribution >= 4 is 34.6 Å². The summed E-state index contributed by atoms with van der Waals surface area (Å²) in [5.74, 6) is -0.0255. The zero-order valence-electron chi connectivity index (χ0n) is 25.8. The average Bonchev–Trinajstić information content (AvgIpc) is 3.51. The van der Waals surface area contributed by atoms with Crippen LogP contribution in [0.15, 0.2) is 79.0 Å². The molecule has 3 heterocycles. The van der Waals surface area contributed by atoms with E-state index in [-0.39, 0.29) is 18.0 Å². The summed E-state index contributed by atoms with van der Waals surface area (Å²) in [6.07, 6.45) is 2.99. The number of benzene rings is 2. The molecule has 43 heavy (non-hydrogen) atoms. The Balaban J connectivity index is 1.45. The minimum Gasteiger partial charge on any atom is -0.372 e. The molecule has 4 aromatic rings. The van der Waals surface area contributed by atoms with Crippen LogP contribution in [0.1, 0.15) is 67.5 Å². The monoisotopic (exact) mass is 594 g/mol. The number of nitrogens with zero attached hydrogens (tertiary/aromatic N) is 4. The van der Waals surface area contributed by atoms with Crippen LogP contribution in [0, 0.1) is 13.8 Å². The van der Waals surface area contributed by atoms with Gasteiger partial charge in [0.15, 0.2) is 5.11 Å². The highest BCUT2D eigenvalue weighted by molar-refractivity contribution is 7.80. The highest BCUT2D eigenvalue weighted by Crippen LogP contribution is 2.41. The number of nitrogens with one attached hydrogen (secondary N) is 2. The Morgan fingerprint density at radius 1 is 1.00 bits per heavy atom. The van der Waals surface area contributed by atoms with Crippen molar-refractivity contribution in [3.05, 3.63) is 107 Å². The first-order valence-corrected chi connectivity index (χ1v) is 15.7. The Labute approximate surface area is 260 Å². The predicted octanol–water partition coefficient (Wildman–Crippen LogP) is 6.90. The predicted molar refractivity (Wildman–Crippen MR) is 180 cm³/mol. The number of hydrogen-bond acceptors (Lipinski definition) is 4. The molecule has 1 aliphatic rings. The summed E-state index contributed by atoms with van der Waals surface area (Å²) in [7, 11) is 0. The van der Waals surface area contributed by atoms with Crippen molar-refractivity contribution in [3.8, 4) is 5.69 Å². The van der Waals surface area contributed by atoms with Crippen molar-refractivity contribution in [2.45, 2.75) is 59.5 Å². The summed E-state index contributed by atoms with van der Waals surface area (Å²) in [4.78, 5) is 22.4. The van der Waals surface area contributed by atoms with Crippen LogP contribution in [0.4, 0.5) is 11.4 Å². The van der Waals surface area contributed by atoms with Gasteiger partial charge < -0.3 is 25.0 Å². The van der Waals surface area contributed by atoms with Crippen molar-refractivity contribution in [2.24, 2.45) is 0 Å². The first kappa shape index (κ1) is 30.3. The van der Waals surface area contributed by atoms with E-state index in [0.717, 1.165) is 53.5 Å². The third kappa shape index (κ3) is 6.30. The Morgan fingerprint density at radius 3 is 2.40 bits per heavy atom. The second-order valence-electron chi connectivity index (χ2n) is 11.0. The number of anilines is 2. The van der Waals surface area contributed by atoms with Gasteiger partial charge in [0, 0.05) is 60.7 Å². The average molecular weight is 595 g/mol. The van der Waals surface area contributed by atoms with Crippen molar-refractivity contribution < 1.29 is 4.79 Å². The van der Waals surface area contributed by atoms with Crippen molar-refractivity contribution in [1.29, 1.82) is 0 Å². The molecule has 7 nitrogen and oxygen atoms in total. The normalized spacial score (nSPS) is 16.3. The molecule has 2 aromatic heterocycles. The number of amides is 1. The van der Waals surface area contributed by atoms with Crippen LogP contribution in [0.5, 0.6) is 0 Å². The molecule has 224 valence electrons. The first-order valence-electron chi connectivity index (χ1n) is 15.3. The van der Waals surface area contributed by atoms with E-state index in [2.05, 4.69) is 96.0 Å². The number of para-hydroxylation sites is 1. The summed E-state index contributed by atoms with van der Waals surface area (Å²) in [5.41, 5.74) is 8.74. The fourth-order valence-corrected chi connectivity index (χ4v) is 6.59. The molecule has 0 bridgehead atoms. The van der Waals surface area contributed by atoms with Crippen LogP contribution in [0.2, 0.25) is 0 Å². The van der Waals surface area contributed by atoms with Gasteiger partial charge in [0.25, 0.3) is 0 Å². The van der Waals surface area contributed by atoms with E-state index in [1.54, 1.807) is 0 Å². The number of rotatable bonds is 11. The fraction of sp³-hybridized carbons (Fsp3) is 0.343. The zero-order valence-corrected chi connectivity index (χ0v) is 26.6. The Hall–Kier alpha value is -4.17. The highest BCUT2D eigenvalue weighted by atomic mass is 32.1. The van der Waals surface area contributed by atoms with E-state index in [4.69, 9.17) is 17.2 Å². The molecule has 1 amide bonds. The Bertz CT molecular complexity index is 1560. The smallest absolute Gasteiger partial charge is 0.226 e. The molecule has 8 heteroatoms. The number of aromatic nitrogens is 2. The van der Waals surface area contributed by atoms with E-state index in [9.17, 15) is 4.79 Å². The molecule has 1 saturated heterocycles. The lowest BCUT2D eigenvalue weighted by Crippen LogP contribution is -2.33. The molecule has 1 aliphatic heterocycles. The maximum Gasteiger partial charge on any atom is 0.226 e. The standard InChI is InChI=1S/C35H42N6OS/c1-6-26-13-9-10-14-30(26)37-32(42)20-22-40-34(33(38-35(40)43)31-15-11-12-21-36-31)29-23-24(4)41(25(29)5)28-18-16-27(17-19-28)39(7-2)8-3/h9-19,21,23,33-34H,6-8,20,22H2,1-5H3,(H,37,42)(H,38,43). The summed E-state index contributed by atoms with van der Waals surface area (Å²) in [6, 6.07) is 24.7. The van der Waals surface area contributed by atoms with Gasteiger partial charge in [0.05, 0.1) is 17.8 Å². The van der Waals surface area contributed by atoms with E-state index in [1.165, 1.54) is 11.3 Å². The quantitative estimate of drug-likeness (QED) is 0.184. The van der Waals surface area contributed by atoms with Gasteiger partial charge >= 0.3 is 0 Å².